The largest absolute Gasteiger partial charge is 0.489 e. The summed E-state index contributed by atoms with van der Waals surface area (Å²) in [6, 6.07) is 0. The predicted molar refractivity (Wildman–Crippen MR) is 80.5 cm³/mol. The lowest BCUT2D eigenvalue weighted by Gasteiger charge is -2.32. The molecule has 2 rings (SSSR count). The van der Waals surface area contributed by atoms with Crippen LogP contribution in [0.25, 0.3) is 0 Å². The molecule has 1 atom stereocenters. The Kier molecular flexibility index (Phi) is 3.53. The highest BCUT2D eigenvalue weighted by Gasteiger charge is 2.64. The summed E-state index contributed by atoms with van der Waals surface area (Å²) < 4.78 is 24.0. The van der Waals surface area contributed by atoms with Crippen molar-refractivity contribution in [3.63, 3.8) is 0 Å². The number of hydrogen-bond acceptors (Lipinski definition) is 4. The van der Waals surface area contributed by atoms with Gasteiger partial charge >= 0.3 is 14.0 Å². The zero-order valence-electron chi connectivity index (χ0n) is 12.9. The van der Waals surface area contributed by atoms with Gasteiger partial charge in [0.2, 0.25) is 0 Å². The van der Waals surface area contributed by atoms with Crippen LogP contribution in [0.5, 0.6) is 0 Å². The lowest BCUT2D eigenvalue weighted by Crippen LogP contribution is -2.41. The lowest BCUT2D eigenvalue weighted by atomic mass is 9.49. The Morgan fingerprint density at radius 2 is 1.05 bits per heavy atom. The average Bonchev–Trinajstić information content (AvgIpc) is 2.60. The maximum absolute atomic E-state index is 6.04. The fourth-order valence-corrected chi connectivity index (χ4v) is 2.74. The summed E-state index contributed by atoms with van der Waals surface area (Å²) in [5, 5.41) is -0.457. The third kappa shape index (κ3) is 2.32. The van der Waals surface area contributed by atoms with E-state index < -0.39 is 25.0 Å². The molecule has 0 aliphatic carbocycles. The molecule has 7 heteroatoms. The maximum Gasteiger partial charge on any atom is 0.489 e. The van der Waals surface area contributed by atoms with Gasteiger partial charge in [0.1, 0.15) is 5.34 Å². The highest BCUT2D eigenvalue weighted by atomic mass is 31.1. The molecule has 0 radical (unpaired) electrons. The van der Waals surface area contributed by atoms with Gasteiger partial charge in [-0.25, -0.2) is 0 Å². The molecule has 4 nitrogen and oxygen atoms in total. The van der Waals surface area contributed by atoms with Crippen LogP contribution in [0.4, 0.5) is 0 Å². The van der Waals surface area contributed by atoms with E-state index in [-0.39, 0.29) is 11.2 Å². The van der Waals surface area contributed by atoms with E-state index in [1.54, 1.807) is 0 Å². The fourth-order valence-electron chi connectivity index (χ4n) is 2.13. The molecule has 1 unspecified atom stereocenters. The van der Waals surface area contributed by atoms with Crippen LogP contribution >= 0.6 is 8.20 Å². The minimum atomic E-state index is -0.518. The molecule has 0 aromatic rings. The second-order valence-electron chi connectivity index (χ2n) is 6.88. The Labute approximate surface area is 118 Å². The van der Waals surface area contributed by atoms with Gasteiger partial charge in [-0.3, -0.25) is 0 Å². The van der Waals surface area contributed by atoms with Crippen molar-refractivity contribution in [3.05, 3.63) is 0 Å². The standard InChI is InChI=1S/C12H23B2O4P/c1-9(2)10(3,4)16-13(15-9)14-17-11(5,6)12(7,18-14)19-8/h8H2,1-7H3. The van der Waals surface area contributed by atoms with E-state index in [9.17, 15) is 0 Å². The second-order valence-corrected chi connectivity index (χ2v) is 8.05. The molecule has 0 aromatic heterocycles. The molecule has 106 valence electrons. The molecule has 2 aliphatic rings. The Morgan fingerprint density at radius 1 is 0.684 bits per heavy atom. The molecule has 2 saturated heterocycles. The van der Waals surface area contributed by atoms with Gasteiger partial charge < -0.3 is 18.6 Å². The van der Waals surface area contributed by atoms with E-state index in [0.29, 0.717) is 0 Å². The zero-order chi connectivity index (χ0) is 14.7. The van der Waals surface area contributed by atoms with Gasteiger partial charge in [0, 0.05) is 0 Å². The van der Waals surface area contributed by atoms with E-state index in [4.69, 9.17) is 18.6 Å². The van der Waals surface area contributed by atoms with Crippen LogP contribution in [0.1, 0.15) is 48.5 Å². The summed E-state index contributed by atoms with van der Waals surface area (Å²) in [5.41, 5.74) is -1.18. The van der Waals surface area contributed by atoms with Crippen LogP contribution in [-0.2, 0) is 18.6 Å². The highest BCUT2D eigenvalue weighted by Crippen LogP contribution is 2.47. The third-order valence-electron chi connectivity index (χ3n) is 4.67. The van der Waals surface area contributed by atoms with Crippen molar-refractivity contribution < 1.29 is 18.6 Å². The number of rotatable bonds is 2. The van der Waals surface area contributed by atoms with Crippen molar-refractivity contribution in [1.82, 2.24) is 0 Å². The Hall–Kier alpha value is 0.140. The summed E-state index contributed by atoms with van der Waals surface area (Å²) in [4.78, 5) is 0. The highest BCUT2D eigenvalue weighted by molar-refractivity contribution is 7.38. The normalized spacial score (nSPS) is 36.2. The number of hydrogen-bond donors (Lipinski definition) is 0. The van der Waals surface area contributed by atoms with Gasteiger partial charge in [-0.15, -0.1) is 0 Å². The minimum Gasteiger partial charge on any atom is -0.405 e. The van der Waals surface area contributed by atoms with E-state index >= 15 is 0 Å². The maximum atomic E-state index is 6.04. The molecule has 2 heterocycles. The molecule has 19 heavy (non-hydrogen) atoms. The summed E-state index contributed by atoms with van der Waals surface area (Å²) in [6.45, 7) is 14.1. The van der Waals surface area contributed by atoms with Gasteiger partial charge in [0.05, 0.1) is 16.8 Å². The third-order valence-corrected chi connectivity index (χ3v) is 5.92. The van der Waals surface area contributed by atoms with Crippen molar-refractivity contribution in [2.45, 2.75) is 70.6 Å². The first kappa shape index (κ1) is 15.5. The van der Waals surface area contributed by atoms with E-state index in [2.05, 4.69) is 6.30 Å². The summed E-state index contributed by atoms with van der Waals surface area (Å²) >= 11 is 0. The van der Waals surface area contributed by atoms with Crippen LogP contribution < -0.4 is 0 Å². The van der Waals surface area contributed by atoms with Crippen molar-refractivity contribution in [1.29, 1.82) is 0 Å². The SMILES string of the molecule is C=PC1(C)OB(B2OC(C)(C)C(C)(C)O2)OC1(C)C. The van der Waals surface area contributed by atoms with Crippen molar-refractivity contribution in [3.8, 4) is 0 Å². The van der Waals surface area contributed by atoms with Gasteiger partial charge in [-0.1, -0.05) is 14.5 Å². The predicted octanol–water partition coefficient (Wildman–Crippen LogP) is 2.57. The second kappa shape index (κ2) is 4.32. The molecule has 2 fully saturated rings. The molecule has 0 aromatic carbocycles. The van der Waals surface area contributed by atoms with Crippen LogP contribution in [0, 0.1) is 0 Å². The van der Waals surface area contributed by atoms with Crippen molar-refractivity contribution in [2.75, 3.05) is 0 Å². The lowest BCUT2D eigenvalue weighted by molar-refractivity contribution is 0.00578. The van der Waals surface area contributed by atoms with Gasteiger partial charge in [-0.2, -0.15) is 0 Å². The summed E-state index contributed by atoms with van der Waals surface area (Å²) in [5.74, 6) is 0. The van der Waals surface area contributed by atoms with E-state index in [0.717, 1.165) is 8.20 Å². The fraction of sp³-hybridized carbons (Fsp3) is 0.917. The van der Waals surface area contributed by atoms with Crippen LogP contribution in [0.15, 0.2) is 0 Å². The van der Waals surface area contributed by atoms with E-state index in [1.807, 2.05) is 48.5 Å². The first-order chi connectivity index (χ1) is 8.44. The molecule has 0 amide bonds. The monoisotopic (exact) mass is 284 g/mol. The molecular formula is C12H23B2O4P. The Balaban J connectivity index is 2.18. The van der Waals surface area contributed by atoms with Crippen molar-refractivity contribution >= 4 is 28.5 Å². The summed E-state index contributed by atoms with van der Waals surface area (Å²) in [6.07, 6.45) is 3.94. The summed E-state index contributed by atoms with van der Waals surface area (Å²) in [7, 11) is -0.136. The van der Waals surface area contributed by atoms with Crippen LogP contribution in [0.3, 0.4) is 0 Å². The smallest absolute Gasteiger partial charge is 0.405 e. The molecule has 0 spiro atoms. The topological polar surface area (TPSA) is 36.9 Å². The average molecular weight is 284 g/mol. The van der Waals surface area contributed by atoms with Crippen LogP contribution in [-0.4, -0.2) is 42.5 Å². The Bertz CT molecular complexity index is 383. The quantitative estimate of drug-likeness (QED) is 0.577. The van der Waals surface area contributed by atoms with E-state index in [1.165, 1.54) is 0 Å². The molecule has 0 N–H and O–H groups in total. The van der Waals surface area contributed by atoms with Crippen LogP contribution in [0.2, 0.25) is 0 Å². The van der Waals surface area contributed by atoms with Gasteiger partial charge in [0.25, 0.3) is 0 Å². The zero-order valence-corrected chi connectivity index (χ0v) is 13.8. The minimum absolute atomic E-state index is 0.379. The van der Waals surface area contributed by atoms with Gasteiger partial charge in [0.15, 0.2) is 0 Å². The molecule has 0 saturated carbocycles. The van der Waals surface area contributed by atoms with Crippen molar-refractivity contribution in [2.24, 2.45) is 0 Å². The van der Waals surface area contributed by atoms with Gasteiger partial charge in [-0.05, 0) is 48.5 Å². The molecule has 2 aliphatic heterocycles. The Morgan fingerprint density at radius 3 is 1.42 bits per heavy atom. The first-order valence-corrected chi connectivity index (χ1v) is 7.71. The molecule has 0 bridgehead atoms. The first-order valence-electron chi connectivity index (χ1n) is 6.63. The molecular weight excluding hydrogens is 261 g/mol.